The van der Waals surface area contributed by atoms with Crippen molar-refractivity contribution in [3.63, 3.8) is 0 Å². The predicted molar refractivity (Wildman–Crippen MR) is 116 cm³/mol. The molecule has 0 aliphatic heterocycles. The zero-order valence-electron chi connectivity index (χ0n) is 15.9. The van der Waals surface area contributed by atoms with Gasteiger partial charge in [0.05, 0.1) is 25.9 Å². The van der Waals surface area contributed by atoms with Crippen LogP contribution in [0.4, 0.5) is 18.9 Å². The Morgan fingerprint density at radius 3 is 2.55 bits per heavy atom. The number of halogens is 4. The number of ether oxygens (including phenoxy) is 1. The average Bonchev–Trinajstić information content (AvgIpc) is 2.70. The van der Waals surface area contributed by atoms with E-state index in [1.165, 1.54) is 0 Å². The molecule has 0 atom stereocenters. The number of methoxy groups -OCH3 is 1. The summed E-state index contributed by atoms with van der Waals surface area (Å²) in [5.41, 5.74) is 0.467. The minimum Gasteiger partial charge on any atom is -0.497 e. The molecule has 1 amide bonds. The molecule has 2 aromatic rings. The number of hydrogen-bond donors (Lipinski definition) is 3. The van der Waals surface area contributed by atoms with E-state index in [1.807, 2.05) is 31.2 Å². The number of hydrogen-bond acceptors (Lipinski definition) is 3. The molecule has 0 fully saturated rings. The van der Waals surface area contributed by atoms with Gasteiger partial charge < -0.3 is 20.7 Å². The topological polar surface area (TPSA) is 74.8 Å². The number of aliphatic imine (C=N–C) groups is 1. The van der Waals surface area contributed by atoms with Crippen LogP contribution in [0.1, 0.15) is 12.5 Å². The molecule has 6 nitrogen and oxygen atoms in total. The summed E-state index contributed by atoms with van der Waals surface area (Å²) in [4.78, 5) is 16.3. The summed E-state index contributed by atoms with van der Waals surface area (Å²) in [5.74, 6) is -3.99. The van der Waals surface area contributed by atoms with E-state index in [9.17, 15) is 18.0 Å². The van der Waals surface area contributed by atoms with Gasteiger partial charge in [0.2, 0.25) is 5.91 Å². The summed E-state index contributed by atoms with van der Waals surface area (Å²) in [6.45, 7) is 2.51. The first kappa shape index (κ1) is 24.5. The highest BCUT2D eigenvalue weighted by atomic mass is 127. The molecule has 0 unspecified atom stereocenters. The van der Waals surface area contributed by atoms with Crippen LogP contribution in [0.25, 0.3) is 0 Å². The number of carbonyl (C=O) groups excluding carboxylic acids is 1. The van der Waals surface area contributed by atoms with Crippen LogP contribution in [0.15, 0.2) is 41.4 Å². The Morgan fingerprint density at radius 1 is 1.10 bits per heavy atom. The molecule has 0 saturated heterocycles. The maximum absolute atomic E-state index is 13.6. The van der Waals surface area contributed by atoms with Crippen molar-refractivity contribution in [1.29, 1.82) is 0 Å². The molecular formula is C19H22F3IN4O2. The Kier molecular flexibility index (Phi) is 10.3. The lowest BCUT2D eigenvalue weighted by Crippen LogP contribution is -2.41. The molecule has 3 N–H and O–H groups in total. The van der Waals surface area contributed by atoms with Gasteiger partial charge in [0.25, 0.3) is 0 Å². The van der Waals surface area contributed by atoms with Gasteiger partial charge in [-0.05, 0) is 36.8 Å². The summed E-state index contributed by atoms with van der Waals surface area (Å²) in [6.07, 6.45) is 0. The number of amides is 1. The highest BCUT2D eigenvalue weighted by molar-refractivity contribution is 14.0. The van der Waals surface area contributed by atoms with Crippen LogP contribution in [-0.4, -0.2) is 32.1 Å². The van der Waals surface area contributed by atoms with Crippen LogP contribution in [0.2, 0.25) is 0 Å². The molecule has 0 radical (unpaired) electrons. The SMILES string of the molecule is CCNC(=NCc1cccc(OC)c1)NCC(=O)Nc1ccc(F)c(F)c1F.I. The van der Waals surface area contributed by atoms with Crippen molar-refractivity contribution in [1.82, 2.24) is 10.6 Å². The van der Waals surface area contributed by atoms with E-state index in [-0.39, 0.29) is 30.5 Å². The van der Waals surface area contributed by atoms with Gasteiger partial charge >= 0.3 is 0 Å². The van der Waals surface area contributed by atoms with E-state index in [0.717, 1.165) is 17.7 Å². The first-order valence-electron chi connectivity index (χ1n) is 8.53. The molecule has 158 valence electrons. The maximum atomic E-state index is 13.6. The monoisotopic (exact) mass is 522 g/mol. The van der Waals surface area contributed by atoms with E-state index in [1.54, 1.807) is 7.11 Å². The second-order valence-electron chi connectivity index (χ2n) is 5.67. The summed E-state index contributed by atoms with van der Waals surface area (Å²) >= 11 is 0. The highest BCUT2D eigenvalue weighted by Crippen LogP contribution is 2.19. The second-order valence-corrected chi connectivity index (χ2v) is 5.67. The minimum absolute atomic E-state index is 0. The van der Waals surface area contributed by atoms with Crippen LogP contribution in [-0.2, 0) is 11.3 Å². The standard InChI is InChI=1S/C19H21F3N4O2.HI/c1-3-23-19(24-10-12-5-4-6-13(9-12)28-2)25-11-16(27)26-15-8-7-14(20)17(21)18(15)22;/h4-9H,3,10-11H2,1-2H3,(H,26,27)(H2,23,24,25);1H. The third-order valence-corrected chi connectivity index (χ3v) is 3.62. The Bertz CT molecular complexity index is 865. The Labute approximate surface area is 184 Å². The van der Waals surface area contributed by atoms with Crippen molar-refractivity contribution >= 4 is 41.5 Å². The van der Waals surface area contributed by atoms with Gasteiger partial charge in [0.1, 0.15) is 5.75 Å². The predicted octanol–water partition coefficient (Wildman–Crippen LogP) is 3.42. The van der Waals surface area contributed by atoms with Crippen molar-refractivity contribution in [3.8, 4) is 5.75 Å². The van der Waals surface area contributed by atoms with Crippen molar-refractivity contribution in [2.75, 3.05) is 25.5 Å². The molecule has 0 aliphatic carbocycles. The van der Waals surface area contributed by atoms with Crippen molar-refractivity contribution in [3.05, 3.63) is 59.4 Å². The van der Waals surface area contributed by atoms with E-state index >= 15 is 0 Å². The van der Waals surface area contributed by atoms with Crippen molar-refractivity contribution in [2.24, 2.45) is 4.99 Å². The summed E-state index contributed by atoms with van der Waals surface area (Å²) in [5, 5.41) is 7.95. The molecule has 0 aliphatic rings. The Balaban J connectivity index is 0.00000420. The van der Waals surface area contributed by atoms with Gasteiger partial charge in [0, 0.05) is 6.54 Å². The fraction of sp³-hybridized carbons (Fsp3) is 0.263. The van der Waals surface area contributed by atoms with Crippen LogP contribution in [0.3, 0.4) is 0 Å². The fourth-order valence-corrected chi connectivity index (χ4v) is 2.26. The van der Waals surface area contributed by atoms with Gasteiger partial charge in [-0.15, -0.1) is 24.0 Å². The average molecular weight is 522 g/mol. The van der Waals surface area contributed by atoms with Gasteiger partial charge in [-0.2, -0.15) is 0 Å². The molecule has 0 aromatic heterocycles. The largest absolute Gasteiger partial charge is 0.497 e. The summed E-state index contributed by atoms with van der Waals surface area (Å²) in [7, 11) is 1.57. The summed E-state index contributed by atoms with van der Waals surface area (Å²) < 4.78 is 44.9. The van der Waals surface area contributed by atoms with Crippen LogP contribution >= 0.6 is 24.0 Å². The number of anilines is 1. The lowest BCUT2D eigenvalue weighted by molar-refractivity contribution is -0.115. The second kappa shape index (κ2) is 12.1. The number of nitrogens with zero attached hydrogens (tertiary/aromatic N) is 1. The molecule has 0 saturated carbocycles. The fourth-order valence-electron chi connectivity index (χ4n) is 2.26. The maximum Gasteiger partial charge on any atom is 0.243 e. The lowest BCUT2D eigenvalue weighted by Gasteiger charge is -2.12. The number of nitrogens with one attached hydrogen (secondary N) is 3. The molecular weight excluding hydrogens is 500 g/mol. The van der Waals surface area contributed by atoms with E-state index in [0.29, 0.717) is 24.8 Å². The lowest BCUT2D eigenvalue weighted by atomic mass is 10.2. The van der Waals surface area contributed by atoms with Gasteiger partial charge in [-0.25, -0.2) is 18.2 Å². The quantitative estimate of drug-likeness (QED) is 0.226. The first-order chi connectivity index (χ1) is 13.4. The number of carbonyl (C=O) groups is 1. The smallest absolute Gasteiger partial charge is 0.243 e. The van der Waals surface area contributed by atoms with Crippen molar-refractivity contribution < 1.29 is 22.7 Å². The molecule has 29 heavy (non-hydrogen) atoms. The van der Waals surface area contributed by atoms with Gasteiger partial charge in [-0.1, -0.05) is 12.1 Å². The first-order valence-corrected chi connectivity index (χ1v) is 8.53. The number of guanidine groups is 1. The zero-order chi connectivity index (χ0) is 20.5. The molecule has 2 rings (SSSR count). The van der Waals surface area contributed by atoms with Crippen LogP contribution in [0, 0.1) is 17.5 Å². The molecule has 0 heterocycles. The molecule has 10 heteroatoms. The van der Waals surface area contributed by atoms with E-state index < -0.39 is 29.0 Å². The zero-order valence-corrected chi connectivity index (χ0v) is 18.2. The van der Waals surface area contributed by atoms with E-state index in [2.05, 4.69) is 20.9 Å². The van der Waals surface area contributed by atoms with Crippen LogP contribution < -0.4 is 20.7 Å². The number of rotatable bonds is 7. The van der Waals surface area contributed by atoms with Gasteiger partial charge in [0.15, 0.2) is 23.4 Å². The van der Waals surface area contributed by atoms with Gasteiger partial charge in [-0.3, -0.25) is 4.79 Å². The minimum atomic E-state index is -1.64. The Morgan fingerprint density at radius 2 is 1.86 bits per heavy atom. The highest BCUT2D eigenvalue weighted by Gasteiger charge is 2.15. The van der Waals surface area contributed by atoms with E-state index in [4.69, 9.17) is 4.74 Å². The summed E-state index contributed by atoms with van der Waals surface area (Å²) in [6, 6.07) is 9.07. The third-order valence-electron chi connectivity index (χ3n) is 3.62. The number of benzene rings is 2. The van der Waals surface area contributed by atoms with Crippen molar-refractivity contribution in [2.45, 2.75) is 13.5 Å². The molecule has 2 aromatic carbocycles. The Hall–Kier alpha value is -2.50. The van der Waals surface area contributed by atoms with Crippen LogP contribution in [0.5, 0.6) is 5.75 Å². The normalized spacial score (nSPS) is 10.7. The molecule has 0 spiro atoms. The third kappa shape index (κ3) is 7.44. The molecule has 0 bridgehead atoms.